The number of hydrogen-bond acceptors (Lipinski definition) is 3. The molecule has 0 aliphatic rings. The van der Waals surface area contributed by atoms with Crippen LogP contribution in [0.3, 0.4) is 0 Å². The first-order valence-electron chi connectivity index (χ1n) is 6.05. The van der Waals surface area contributed by atoms with Crippen molar-refractivity contribution in [2.45, 2.75) is 12.6 Å². The lowest BCUT2D eigenvalue weighted by Gasteiger charge is -2.17. The summed E-state index contributed by atoms with van der Waals surface area (Å²) in [5, 5.41) is 4.07. The van der Waals surface area contributed by atoms with E-state index in [0.717, 1.165) is 0 Å². The summed E-state index contributed by atoms with van der Waals surface area (Å²) in [6.07, 6.45) is 1.48. The molecule has 21 heavy (non-hydrogen) atoms. The molecule has 0 spiro atoms. The summed E-state index contributed by atoms with van der Waals surface area (Å²) in [6.45, 7) is 0.734. The highest BCUT2D eigenvalue weighted by Gasteiger charge is 2.25. The van der Waals surface area contributed by atoms with Crippen molar-refractivity contribution in [1.29, 1.82) is 0 Å². The molecule has 0 aliphatic carbocycles. The Morgan fingerprint density at radius 1 is 1.33 bits per heavy atom. The molecule has 4 nitrogen and oxygen atoms in total. The van der Waals surface area contributed by atoms with Crippen LogP contribution in [0, 0.1) is 17.5 Å². The highest BCUT2D eigenvalue weighted by molar-refractivity contribution is 9.10. The minimum atomic E-state index is -1.13. The van der Waals surface area contributed by atoms with Crippen LogP contribution in [0.1, 0.15) is 17.3 Å². The Morgan fingerprint density at radius 2 is 1.95 bits per heavy atom. The van der Waals surface area contributed by atoms with Crippen molar-refractivity contribution in [2.24, 2.45) is 5.73 Å². The SMILES string of the molecule is COCCn1ncc(Br)c1C(N)c1c(F)cc(F)cc1F. The zero-order chi connectivity index (χ0) is 15.6. The second-order valence-corrected chi connectivity index (χ2v) is 5.21. The molecule has 1 heterocycles. The third-order valence-corrected chi connectivity index (χ3v) is 3.60. The van der Waals surface area contributed by atoms with Crippen molar-refractivity contribution in [1.82, 2.24) is 9.78 Å². The second kappa shape index (κ2) is 6.59. The fourth-order valence-electron chi connectivity index (χ4n) is 2.02. The molecule has 0 saturated carbocycles. The van der Waals surface area contributed by atoms with Gasteiger partial charge >= 0.3 is 0 Å². The summed E-state index contributed by atoms with van der Waals surface area (Å²) >= 11 is 3.25. The average molecular weight is 364 g/mol. The van der Waals surface area contributed by atoms with E-state index < -0.39 is 29.1 Å². The molecule has 1 aromatic heterocycles. The third-order valence-electron chi connectivity index (χ3n) is 2.99. The molecule has 0 amide bonds. The number of hydrogen-bond donors (Lipinski definition) is 1. The zero-order valence-corrected chi connectivity index (χ0v) is 12.7. The Hall–Kier alpha value is -1.38. The highest BCUT2D eigenvalue weighted by Crippen LogP contribution is 2.30. The van der Waals surface area contributed by atoms with Gasteiger partial charge in [0.25, 0.3) is 0 Å². The first kappa shape index (κ1) is 16.0. The molecule has 2 N–H and O–H groups in total. The van der Waals surface area contributed by atoms with E-state index in [9.17, 15) is 13.2 Å². The van der Waals surface area contributed by atoms with Crippen molar-refractivity contribution in [3.8, 4) is 0 Å². The summed E-state index contributed by atoms with van der Waals surface area (Å²) in [5.41, 5.74) is 5.93. The van der Waals surface area contributed by atoms with Gasteiger partial charge in [-0.15, -0.1) is 0 Å². The van der Waals surface area contributed by atoms with E-state index in [1.165, 1.54) is 18.0 Å². The molecular formula is C13H13BrF3N3O. The Morgan fingerprint density at radius 3 is 2.52 bits per heavy atom. The average Bonchev–Trinajstić information content (AvgIpc) is 2.76. The predicted octanol–water partition coefficient (Wildman–Crippen LogP) is 2.76. The van der Waals surface area contributed by atoms with Gasteiger partial charge in [-0.2, -0.15) is 5.10 Å². The largest absolute Gasteiger partial charge is 0.383 e. The van der Waals surface area contributed by atoms with Crippen LogP contribution in [0.4, 0.5) is 13.2 Å². The quantitative estimate of drug-likeness (QED) is 0.888. The van der Waals surface area contributed by atoms with Crippen LogP contribution in [-0.2, 0) is 11.3 Å². The number of ether oxygens (including phenoxy) is 1. The molecule has 114 valence electrons. The summed E-state index contributed by atoms with van der Waals surface area (Å²) in [7, 11) is 1.53. The predicted molar refractivity (Wildman–Crippen MR) is 74.1 cm³/mol. The number of benzene rings is 1. The number of halogens is 4. The molecular weight excluding hydrogens is 351 g/mol. The molecule has 0 aliphatic heterocycles. The maximum Gasteiger partial charge on any atom is 0.134 e. The molecule has 8 heteroatoms. The Bertz CT molecular complexity index is 625. The van der Waals surface area contributed by atoms with Gasteiger partial charge in [0.1, 0.15) is 17.5 Å². The number of nitrogens with two attached hydrogens (primary N) is 1. The molecule has 0 fully saturated rings. The summed E-state index contributed by atoms with van der Waals surface area (Å²) < 4.78 is 47.6. The maximum atomic E-state index is 13.8. The minimum Gasteiger partial charge on any atom is -0.383 e. The number of nitrogens with zero attached hydrogens (tertiary/aromatic N) is 2. The molecule has 2 aromatic rings. The topological polar surface area (TPSA) is 53.1 Å². The van der Waals surface area contributed by atoms with E-state index in [1.54, 1.807) is 0 Å². The van der Waals surface area contributed by atoms with Crippen LogP contribution in [0.25, 0.3) is 0 Å². The zero-order valence-electron chi connectivity index (χ0n) is 11.1. The summed E-state index contributed by atoms with van der Waals surface area (Å²) in [5.74, 6) is -3.06. The van der Waals surface area contributed by atoms with Gasteiger partial charge in [0.05, 0.1) is 35.6 Å². The Kier molecular flexibility index (Phi) is 5.02. The van der Waals surface area contributed by atoms with Crippen molar-refractivity contribution in [3.63, 3.8) is 0 Å². The standard InChI is InChI=1S/C13H13BrF3N3O/c1-21-3-2-20-13(8(14)6-19-20)12(18)11-9(16)4-7(15)5-10(11)17/h4-6,12H,2-3,18H2,1H3. The van der Waals surface area contributed by atoms with Gasteiger partial charge in [-0.3, -0.25) is 4.68 Å². The second-order valence-electron chi connectivity index (χ2n) is 4.35. The van der Waals surface area contributed by atoms with Gasteiger partial charge in [-0.1, -0.05) is 0 Å². The number of rotatable bonds is 5. The van der Waals surface area contributed by atoms with Crippen LogP contribution < -0.4 is 5.73 Å². The van der Waals surface area contributed by atoms with Crippen LogP contribution in [0.5, 0.6) is 0 Å². The van der Waals surface area contributed by atoms with Crippen molar-refractivity contribution >= 4 is 15.9 Å². The smallest absolute Gasteiger partial charge is 0.134 e. The van der Waals surface area contributed by atoms with E-state index in [-0.39, 0.29) is 0 Å². The minimum absolute atomic E-state index is 0.363. The van der Waals surface area contributed by atoms with E-state index in [4.69, 9.17) is 10.5 Å². The van der Waals surface area contributed by atoms with E-state index in [2.05, 4.69) is 21.0 Å². The molecule has 1 aromatic carbocycles. The van der Waals surface area contributed by atoms with Crippen molar-refractivity contribution < 1.29 is 17.9 Å². The van der Waals surface area contributed by atoms with Crippen LogP contribution >= 0.6 is 15.9 Å². The number of aromatic nitrogens is 2. The van der Waals surface area contributed by atoms with Gasteiger partial charge in [0, 0.05) is 24.8 Å². The lowest BCUT2D eigenvalue weighted by molar-refractivity contribution is 0.182. The van der Waals surface area contributed by atoms with Gasteiger partial charge in [0.15, 0.2) is 0 Å². The number of methoxy groups -OCH3 is 1. The molecule has 1 atom stereocenters. The van der Waals surface area contributed by atoms with Gasteiger partial charge in [-0.05, 0) is 15.9 Å². The first-order valence-corrected chi connectivity index (χ1v) is 6.85. The molecule has 0 bridgehead atoms. The molecule has 1 unspecified atom stereocenters. The van der Waals surface area contributed by atoms with E-state index in [1.807, 2.05) is 0 Å². The van der Waals surface area contributed by atoms with E-state index >= 15 is 0 Å². The van der Waals surface area contributed by atoms with Crippen LogP contribution in [0.2, 0.25) is 0 Å². The normalized spacial score (nSPS) is 12.7. The van der Waals surface area contributed by atoms with Gasteiger partial charge < -0.3 is 10.5 Å². The van der Waals surface area contributed by atoms with Crippen LogP contribution in [-0.4, -0.2) is 23.5 Å². The molecule has 0 saturated heterocycles. The summed E-state index contributed by atoms with van der Waals surface area (Å²) in [4.78, 5) is 0. The highest BCUT2D eigenvalue weighted by atomic mass is 79.9. The lowest BCUT2D eigenvalue weighted by Crippen LogP contribution is -2.22. The van der Waals surface area contributed by atoms with Crippen molar-refractivity contribution in [2.75, 3.05) is 13.7 Å². The Balaban J connectivity index is 2.45. The van der Waals surface area contributed by atoms with E-state index in [0.29, 0.717) is 35.5 Å². The fraction of sp³-hybridized carbons (Fsp3) is 0.308. The lowest BCUT2D eigenvalue weighted by atomic mass is 10.0. The fourth-order valence-corrected chi connectivity index (χ4v) is 2.57. The first-order chi connectivity index (χ1) is 9.95. The van der Waals surface area contributed by atoms with Gasteiger partial charge in [-0.25, -0.2) is 13.2 Å². The Labute approximate surface area is 127 Å². The summed E-state index contributed by atoms with van der Waals surface area (Å²) in [6, 6.07) is 0.0729. The molecule has 0 radical (unpaired) electrons. The maximum absolute atomic E-state index is 13.8. The molecule has 2 rings (SSSR count). The van der Waals surface area contributed by atoms with Gasteiger partial charge in [0.2, 0.25) is 0 Å². The van der Waals surface area contributed by atoms with Crippen molar-refractivity contribution in [3.05, 3.63) is 51.5 Å². The monoisotopic (exact) mass is 363 g/mol. The third kappa shape index (κ3) is 3.28. The van der Waals surface area contributed by atoms with Crippen LogP contribution in [0.15, 0.2) is 22.8 Å².